The van der Waals surface area contributed by atoms with E-state index in [0.29, 0.717) is 0 Å². The van der Waals surface area contributed by atoms with Crippen LogP contribution in [0.4, 0.5) is 13.2 Å². The largest absolute Gasteiger partial charge is 0.450 e. The van der Waals surface area contributed by atoms with Gasteiger partial charge in [-0.05, 0) is 0 Å². The SMILES string of the molecule is O=C(OCC(F)(F)F)c1ncn[nH]1. The van der Waals surface area contributed by atoms with Gasteiger partial charge in [0, 0.05) is 0 Å². The van der Waals surface area contributed by atoms with Crippen molar-refractivity contribution in [1.82, 2.24) is 15.2 Å². The van der Waals surface area contributed by atoms with Gasteiger partial charge in [0.2, 0.25) is 5.82 Å². The van der Waals surface area contributed by atoms with Crippen LogP contribution >= 0.6 is 0 Å². The molecule has 1 heterocycles. The molecule has 0 aromatic carbocycles. The van der Waals surface area contributed by atoms with E-state index in [1.54, 1.807) is 0 Å². The third kappa shape index (κ3) is 3.09. The van der Waals surface area contributed by atoms with Crippen LogP contribution in [0.3, 0.4) is 0 Å². The van der Waals surface area contributed by atoms with Crippen molar-refractivity contribution in [3.8, 4) is 0 Å². The summed E-state index contributed by atoms with van der Waals surface area (Å²) in [5.74, 6) is -1.54. The van der Waals surface area contributed by atoms with Gasteiger partial charge in [0.05, 0.1) is 0 Å². The maximum Gasteiger partial charge on any atom is 0.422 e. The highest BCUT2D eigenvalue weighted by molar-refractivity contribution is 5.84. The minimum absolute atomic E-state index is 0.357. The molecule has 0 aliphatic rings. The van der Waals surface area contributed by atoms with E-state index in [1.807, 2.05) is 0 Å². The molecule has 0 atom stereocenters. The minimum Gasteiger partial charge on any atom is -0.450 e. The van der Waals surface area contributed by atoms with Gasteiger partial charge in [-0.3, -0.25) is 5.10 Å². The van der Waals surface area contributed by atoms with Crippen molar-refractivity contribution in [2.45, 2.75) is 6.18 Å². The molecule has 0 saturated carbocycles. The second-order valence-electron chi connectivity index (χ2n) is 2.03. The number of alkyl halides is 3. The van der Waals surface area contributed by atoms with Gasteiger partial charge in [-0.25, -0.2) is 9.78 Å². The van der Waals surface area contributed by atoms with E-state index < -0.39 is 18.8 Å². The first kappa shape index (κ1) is 9.49. The number of H-pyrrole nitrogens is 1. The number of hydrogen-bond acceptors (Lipinski definition) is 4. The second kappa shape index (κ2) is 3.42. The Balaban J connectivity index is 2.44. The summed E-state index contributed by atoms with van der Waals surface area (Å²) in [6.07, 6.45) is -3.54. The summed E-state index contributed by atoms with van der Waals surface area (Å²) in [4.78, 5) is 14.0. The molecule has 0 saturated heterocycles. The van der Waals surface area contributed by atoms with Crippen molar-refractivity contribution in [1.29, 1.82) is 0 Å². The lowest BCUT2D eigenvalue weighted by Crippen LogP contribution is -2.20. The Morgan fingerprint density at radius 1 is 1.62 bits per heavy atom. The highest BCUT2D eigenvalue weighted by atomic mass is 19.4. The van der Waals surface area contributed by atoms with Crippen LogP contribution in [-0.4, -0.2) is 33.9 Å². The Morgan fingerprint density at radius 3 is 2.77 bits per heavy atom. The fourth-order valence-corrected chi connectivity index (χ4v) is 0.520. The van der Waals surface area contributed by atoms with Gasteiger partial charge in [-0.15, -0.1) is 0 Å². The first-order valence-corrected chi connectivity index (χ1v) is 3.08. The predicted octanol–water partition coefficient (Wildman–Crippen LogP) is 0.524. The van der Waals surface area contributed by atoms with Gasteiger partial charge in [0.15, 0.2) is 6.61 Å². The summed E-state index contributed by atoms with van der Waals surface area (Å²) < 4.78 is 38.5. The Bertz CT molecular complexity index is 282. The lowest BCUT2D eigenvalue weighted by molar-refractivity contribution is -0.161. The van der Waals surface area contributed by atoms with Gasteiger partial charge >= 0.3 is 12.1 Å². The number of aromatic nitrogens is 3. The van der Waals surface area contributed by atoms with Crippen molar-refractivity contribution in [2.24, 2.45) is 0 Å². The fourth-order valence-electron chi connectivity index (χ4n) is 0.520. The van der Waals surface area contributed by atoms with Gasteiger partial charge in [-0.2, -0.15) is 18.3 Å². The van der Waals surface area contributed by atoms with E-state index in [1.165, 1.54) is 0 Å². The van der Waals surface area contributed by atoms with Crippen molar-refractivity contribution in [3.05, 3.63) is 12.2 Å². The Kier molecular flexibility index (Phi) is 2.49. The Labute approximate surface area is 69.9 Å². The number of hydrogen-bond donors (Lipinski definition) is 1. The molecule has 5 nitrogen and oxygen atoms in total. The number of carbonyl (C=O) groups excluding carboxylic acids is 1. The molecular weight excluding hydrogens is 191 g/mol. The van der Waals surface area contributed by atoms with Gasteiger partial charge < -0.3 is 4.74 Å². The molecule has 0 amide bonds. The summed E-state index contributed by atoms with van der Waals surface area (Å²) >= 11 is 0. The standard InChI is InChI=1S/C5H4F3N3O2/c6-5(7,8)1-13-4(12)3-9-2-10-11-3/h2H,1H2,(H,9,10,11). The molecule has 13 heavy (non-hydrogen) atoms. The zero-order chi connectivity index (χ0) is 9.90. The quantitative estimate of drug-likeness (QED) is 0.698. The molecule has 1 aromatic heterocycles. The number of aromatic amines is 1. The number of halogens is 3. The number of rotatable bonds is 2. The van der Waals surface area contributed by atoms with Gasteiger partial charge in [0.1, 0.15) is 6.33 Å². The average molecular weight is 195 g/mol. The summed E-state index contributed by atoms with van der Waals surface area (Å²) in [5.41, 5.74) is 0. The van der Waals surface area contributed by atoms with Crippen LogP contribution in [0.2, 0.25) is 0 Å². The van der Waals surface area contributed by atoms with Gasteiger partial charge in [-0.1, -0.05) is 0 Å². The smallest absolute Gasteiger partial charge is 0.422 e. The maximum atomic E-state index is 11.5. The van der Waals surface area contributed by atoms with Crippen LogP contribution in [0, 0.1) is 0 Å². The normalized spacial score (nSPS) is 11.3. The van der Waals surface area contributed by atoms with Crippen LogP contribution in [0.1, 0.15) is 10.6 Å². The average Bonchev–Trinajstić information content (AvgIpc) is 2.50. The van der Waals surface area contributed by atoms with Crippen molar-refractivity contribution in [3.63, 3.8) is 0 Å². The van der Waals surface area contributed by atoms with E-state index in [2.05, 4.69) is 19.9 Å². The molecule has 0 bridgehead atoms. The van der Waals surface area contributed by atoms with Crippen LogP contribution in [0.5, 0.6) is 0 Å². The molecule has 0 spiro atoms. The Hall–Kier alpha value is -1.60. The molecule has 0 fully saturated rings. The predicted molar refractivity (Wildman–Crippen MR) is 32.7 cm³/mol. The van der Waals surface area contributed by atoms with E-state index in [4.69, 9.17) is 0 Å². The van der Waals surface area contributed by atoms with Crippen molar-refractivity contribution < 1.29 is 22.7 Å². The van der Waals surface area contributed by atoms with E-state index in [0.717, 1.165) is 6.33 Å². The molecule has 72 valence electrons. The first-order chi connectivity index (χ1) is 5.99. The summed E-state index contributed by atoms with van der Waals surface area (Å²) in [6, 6.07) is 0. The van der Waals surface area contributed by atoms with E-state index in [9.17, 15) is 18.0 Å². The van der Waals surface area contributed by atoms with Crippen LogP contribution in [0.25, 0.3) is 0 Å². The summed E-state index contributed by atoms with van der Waals surface area (Å²) in [6.45, 7) is -1.63. The zero-order valence-electron chi connectivity index (χ0n) is 6.13. The molecule has 1 N–H and O–H groups in total. The molecule has 0 aliphatic carbocycles. The fraction of sp³-hybridized carbons (Fsp3) is 0.400. The molecular formula is C5H4F3N3O2. The van der Waals surface area contributed by atoms with Crippen LogP contribution in [-0.2, 0) is 4.74 Å². The number of ether oxygens (including phenoxy) is 1. The topological polar surface area (TPSA) is 67.9 Å². The number of nitrogens with one attached hydrogen (secondary N) is 1. The molecule has 0 aliphatic heterocycles. The third-order valence-corrected chi connectivity index (χ3v) is 0.975. The highest BCUT2D eigenvalue weighted by Gasteiger charge is 2.30. The lowest BCUT2D eigenvalue weighted by atomic mass is 10.6. The van der Waals surface area contributed by atoms with Crippen LogP contribution in [0.15, 0.2) is 6.33 Å². The van der Waals surface area contributed by atoms with E-state index in [-0.39, 0.29) is 5.82 Å². The van der Waals surface area contributed by atoms with Crippen LogP contribution < -0.4 is 0 Å². The molecule has 1 rings (SSSR count). The minimum atomic E-state index is -4.53. The lowest BCUT2D eigenvalue weighted by Gasteiger charge is -2.05. The number of nitrogens with zero attached hydrogens (tertiary/aromatic N) is 2. The first-order valence-electron chi connectivity index (χ1n) is 3.08. The molecule has 0 unspecified atom stereocenters. The van der Waals surface area contributed by atoms with E-state index >= 15 is 0 Å². The zero-order valence-corrected chi connectivity index (χ0v) is 6.13. The van der Waals surface area contributed by atoms with Crippen molar-refractivity contribution >= 4 is 5.97 Å². The van der Waals surface area contributed by atoms with Crippen molar-refractivity contribution in [2.75, 3.05) is 6.61 Å². The Morgan fingerprint density at radius 2 is 2.31 bits per heavy atom. The second-order valence-corrected chi connectivity index (χ2v) is 2.03. The summed E-state index contributed by atoms with van der Waals surface area (Å²) in [5, 5.41) is 5.34. The highest BCUT2D eigenvalue weighted by Crippen LogP contribution is 2.14. The molecule has 8 heteroatoms. The van der Waals surface area contributed by atoms with Gasteiger partial charge in [0.25, 0.3) is 0 Å². The molecule has 0 radical (unpaired) electrons. The maximum absolute atomic E-state index is 11.5. The monoisotopic (exact) mass is 195 g/mol. The molecule has 1 aromatic rings. The number of carbonyl (C=O) groups is 1. The third-order valence-electron chi connectivity index (χ3n) is 0.975. The summed E-state index contributed by atoms with van der Waals surface area (Å²) in [7, 11) is 0. The number of esters is 1.